The lowest BCUT2D eigenvalue weighted by Crippen LogP contribution is -3.15. The van der Waals surface area contributed by atoms with Crippen molar-refractivity contribution >= 4 is 11.6 Å². The van der Waals surface area contributed by atoms with E-state index >= 15 is 0 Å². The van der Waals surface area contributed by atoms with Gasteiger partial charge < -0.3 is 24.2 Å². The third-order valence-corrected chi connectivity index (χ3v) is 6.70. The fourth-order valence-corrected chi connectivity index (χ4v) is 4.96. The van der Waals surface area contributed by atoms with Gasteiger partial charge in [0.25, 0.3) is 5.91 Å². The molecular weight excluding hydrogens is 390 g/mol. The molecule has 2 fully saturated rings. The number of nitrogens with zero attached hydrogens (tertiary/aromatic N) is 2. The Balaban J connectivity index is 1.39. The third kappa shape index (κ3) is 4.64. The summed E-state index contributed by atoms with van der Waals surface area (Å²) in [7, 11) is 3.35. The van der Waals surface area contributed by atoms with Crippen LogP contribution in [-0.4, -0.2) is 64.3 Å². The summed E-state index contributed by atoms with van der Waals surface area (Å²) in [6, 6.07) is 14.5. The standard InChI is InChI=1S/C25H33N3O3/c1-19-7-4-5-8-22(19)27-15-13-26(14-16-27)18-25(29)28-12-6-9-23(28)21-17-20(30-2)10-11-24(21)31-3/h4-5,7-8,10-11,17,23H,6,9,12-16,18H2,1-3H3/p+1/t23-/m1/s1. The molecule has 0 spiro atoms. The zero-order chi connectivity index (χ0) is 21.8. The lowest BCUT2D eigenvalue weighted by Gasteiger charge is -2.35. The maximum atomic E-state index is 13.3. The van der Waals surface area contributed by atoms with Crippen molar-refractivity contribution in [1.29, 1.82) is 0 Å². The molecule has 0 bridgehead atoms. The van der Waals surface area contributed by atoms with Crippen LogP contribution in [0.2, 0.25) is 0 Å². The van der Waals surface area contributed by atoms with Gasteiger partial charge in [0.05, 0.1) is 46.4 Å². The van der Waals surface area contributed by atoms with Crippen molar-refractivity contribution in [2.75, 3.05) is 58.4 Å². The average Bonchev–Trinajstić information content (AvgIpc) is 3.29. The number of carbonyl (C=O) groups is 1. The number of hydrogen-bond acceptors (Lipinski definition) is 4. The second-order valence-corrected chi connectivity index (χ2v) is 8.55. The Kier molecular flexibility index (Phi) is 6.66. The summed E-state index contributed by atoms with van der Waals surface area (Å²) in [5.74, 6) is 1.87. The van der Waals surface area contributed by atoms with E-state index in [9.17, 15) is 4.79 Å². The van der Waals surface area contributed by atoms with Crippen LogP contribution >= 0.6 is 0 Å². The Morgan fingerprint density at radius 3 is 2.55 bits per heavy atom. The van der Waals surface area contributed by atoms with Crippen molar-refractivity contribution in [2.45, 2.75) is 25.8 Å². The molecule has 6 heteroatoms. The lowest BCUT2D eigenvalue weighted by atomic mass is 10.0. The van der Waals surface area contributed by atoms with Gasteiger partial charge in [-0.05, 0) is 49.6 Å². The Hall–Kier alpha value is -2.73. The number of para-hydroxylation sites is 1. The molecule has 1 N–H and O–H groups in total. The summed E-state index contributed by atoms with van der Waals surface area (Å²) in [6.07, 6.45) is 1.98. The van der Waals surface area contributed by atoms with E-state index in [1.54, 1.807) is 14.2 Å². The number of nitrogens with one attached hydrogen (secondary N) is 1. The lowest BCUT2D eigenvalue weighted by molar-refractivity contribution is -0.892. The van der Waals surface area contributed by atoms with Crippen LogP contribution in [0.5, 0.6) is 11.5 Å². The van der Waals surface area contributed by atoms with Gasteiger partial charge in [-0.15, -0.1) is 0 Å². The number of methoxy groups -OCH3 is 2. The van der Waals surface area contributed by atoms with Gasteiger partial charge in [-0.1, -0.05) is 18.2 Å². The molecule has 2 heterocycles. The molecule has 0 unspecified atom stereocenters. The molecule has 2 aromatic rings. The van der Waals surface area contributed by atoms with E-state index in [0.29, 0.717) is 6.54 Å². The fraction of sp³-hybridized carbons (Fsp3) is 0.480. The zero-order valence-electron chi connectivity index (χ0n) is 18.9. The Bertz CT molecular complexity index is 909. The first-order valence-electron chi connectivity index (χ1n) is 11.3. The smallest absolute Gasteiger partial charge is 0.278 e. The summed E-state index contributed by atoms with van der Waals surface area (Å²) in [6.45, 7) is 7.48. The highest BCUT2D eigenvalue weighted by molar-refractivity contribution is 5.78. The largest absolute Gasteiger partial charge is 0.497 e. The number of aryl methyl sites for hydroxylation is 1. The summed E-state index contributed by atoms with van der Waals surface area (Å²) in [5.41, 5.74) is 3.68. The van der Waals surface area contributed by atoms with Gasteiger partial charge in [-0.25, -0.2) is 0 Å². The second-order valence-electron chi connectivity index (χ2n) is 8.55. The molecule has 2 aliphatic heterocycles. The van der Waals surface area contributed by atoms with Crippen LogP contribution in [0.4, 0.5) is 5.69 Å². The molecule has 1 amide bonds. The van der Waals surface area contributed by atoms with Crippen LogP contribution in [0.1, 0.15) is 30.0 Å². The number of benzene rings is 2. The van der Waals surface area contributed by atoms with E-state index in [4.69, 9.17) is 9.47 Å². The highest BCUT2D eigenvalue weighted by Crippen LogP contribution is 2.38. The van der Waals surface area contributed by atoms with Crippen molar-refractivity contribution in [3.63, 3.8) is 0 Å². The summed E-state index contributed by atoms with van der Waals surface area (Å²) in [5, 5.41) is 0. The van der Waals surface area contributed by atoms with Gasteiger partial charge in [0.1, 0.15) is 11.5 Å². The number of likely N-dealkylation sites (tertiary alicyclic amines) is 1. The maximum absolute atomic E-state index is 13.3. The van der Waals surface area contributed by atoms with Gasteiger partial charge in [-0.3, -0.25) is 4.79 Å². The molecule has 0 aromatic heterocycles. The maximum Gasteiger partial charge on any atom is 0.278 e. The minimum atomic E-state index is 0.0604. The third-order valence-electron chi connectivity index (χ3n) is 6.70. The van der Waals surface area contributed by atoms with Crippen molar-refractivity contribution in [3.05, 3.63) is 53.6 Å². The van der Waals surface area contributed by atoms with E-state index in [-0.39, 0.29) is 11.9 Å². The van der Waals surface area contributed by atoms with Crippen LogP contribution in [0, 0.1) is 6.92 Å². The van der Waals surface area contributed by atoms with Gasteiger partial charge >= 0.3 is 0 Å². The van der Waals surface area contributed by atoms with Crippen LogP contribution in [0.3, 0.4) is 0 Å². The molecule has 31 heavy (non-hydrogen) atoms. The molecule has 2 aliphatic rings. The molecule has 6 nitrogen and oxygen atoms in total. The SMILES string of the molecule is COc1ccc(OC)c([C@H]2CCCN2C(=O)C[NH+]2CCN(c3ccccc3C)CC2)c1. The fourth-order valence-electron chi connectivity index (χ4n) is 4.96. The zero-order valence-corrected chi connectivity index (χ0v) is 18.9. The minimum absolute atomic E-state index is 0.0604. The molecule has 2 aromatic carbocycles. The van der Waals surface area contributed by atoms with Gasteiger partial charge in [-0.2, -0.15) is 0 Å². The number of ether oxygens (including phenoxy) is 2. The molecule has 4 rings (SSSR count). The summed E-state index contributed by atoms with van der Waals surface area (Å²) in [4.78, 5) is 19.2. The number of hydrogen-bond donors (Lipinski definition) is 1. The summed E-state index contributed by atoms with van der Waals surface area (Å²) < 4.78 is 11.0. The first-order chi connectivity index (χ1) is 15.1. The van der Waals surface area contributed by atoms with E-state index in [1.807, 2.05) is 18.2 Å². The van der Waals surface area contributed by atoms with Gasteiger partial charge in [0.15, 0.2) is 6.54 Å². The molecule has 0 radical (unpaired) electrons. The molecule has 1 atom stereocenters. The van der Waals surface area contributed by atoms with Gasteiger partial charge in [0.2, 0.25) is 0 Å². The van der Waals surface area contributed by atoms with Crippen molar-refractivity contribution < 1.29 is 19.2 Å². The molecule has 0 aliphatic carbocycles. The van der Waals surface area contributed by atoms with Crippen LogP contribution in [0.15, 0.2) is 42.5 Å². The van der Waals surface area contributed by atoms with Crippen LogP contribution < -0.4 is 19.3 Å². The number of piperazine rings is 1. The first-order valence-corrected chi connectivity index (χ1v) is 11.3. The Labute approximate surface area is 185 Å². The topological polar surface area (TPSA) is 46.5 Å². The highest BCUT2D eigenvalue weighted by Gasteiger charge is 2.34. The Morgan fingerprint density at radius 2 is 1.84 bits per heavy atom. The molecule has 166 valence electrons. The minimum Gasteiger partial charge on any atom is -0.497 e. The van der Waals surface area contributed by atoms with Crippen LogP contribution in [0.25, 0.3) is 0 Å². The molecule has 0 saturated carbocycles. The van der Waals surface area contributed by atoms with E-state index in [0.717, 1.165) is 62.6 Å². The second kappa shape index (κ2) is 9.60. The van der Waals surface area contributed by atoms with Crippen molar-refractivity contribution in [3.8, 4) is 11.5 Å². The number of amides is 1. The molecule has 2 saturated heterocycles. The summed E-state index contributed by atoms with van der Waals surface area (Å²) >= 11 is 0. The molecular formula is C25H34N3O3+. The van der Waals surface area contributed by atoms with Crippen molar-refractivity contribution in [2.24, 2.45) is 0 Å². The number of carbonyl (C=O) groups excluding carboxylic acids is 1. The monoisotopic (exact) mass is 424 g/mol. The van der Waals surface area contributed by atoms with E-state index in [2.05, 4.69) is 41.0 Å². The predicted octanol–water partition coefficient (Wildman–Crippen LogP) is 2.08. The first kappa shape index (κ1) is 21.5. The average molecular weight is 425 g/mol. The highest BCUT2D eigenvalue weighted by atomic mass is 16.5. The number of anilines is 1. The van der Waals surface area contributed by atoms with Crippen molar-refractivity contribution in [1.82, 2.24) is 4.90 Å². The quantitative estimate of drug-likeness (QED) is 0.771. The van der Waals surface area contributed by atoms with E-state index < -0.39 is 0 Å². The van der Waals surface area contributed by atoms with Crippen LogP contribution in [-0.2, 0) is 4.79 Å². The Morgan fingerprint density at radius 1 is 1.06 bits per heavy atom. The van der Waals surface area contributed by atoms with Gasteiger partial charge in [0, 0.05) is 17.8 Å². The normalized spacial score (nSPS) is 19.5. The number of quaternary nitrogens is 1. The van der Waals surface area contributed by atoms with E-state index in [1.165, 1.54) is 16.2 Å². The predicted molar refractivity (Wildman–Crippen MR) is 122 cm³/mol. The number of rotatable bonds is 6.